The van der Waals surface area contributed by atoms with Crippen LogP contribution in [0.5, 0.6) is 5.75 Å². The monoisotopic (exact) mass is 403 g/mol. The Morgan fingerprint density at radius 1 is 1.07 bits per heavy atom. The van der Waals surface area contributed by atoms with Crippen LogP contribution in [0.15, 0.2) is 48.7 Å². The first-order chi connectivity index (χ1) is 14.6. The van der Waals surface area contributed by atoms with Crippen molar-refractivity contribution in [1.82, 2.24) is 19.9 Å². The van der Waals surface area contributed by atoms with Gasteiger partial charge in [0.15, 0.2) is 0 Å². The molecule has 1 unspecified atom stereocenters. The lowest BCUT2D eigenvalue weighted by atomic mass is 9.94. The summed E-state index contributed by atoms with van der Waals surface area (Å²) in [6.45, 7) is 7.08. The average molecular weight is 404 g/mol. The first-order valence-electron chi connectivity index (χ1n) is 10.5. The maximum atomic E-state index is 5.27. The fourth-order valence-corrected chi connectivity index (χ4v) is 4.03. The summed E-state index contributed by atoms with van der Waals surface area (Å²) in [5.74, 6) is 3.71. The topological polar surface area (TPSA) is 63.2 Å². The standard InChI is InChI=1S/C24H29N5O/c1-17-10-11-25-23(13-17)28-24-14-22(26-18(2)27-24)20-5-4-12-29(16-20)15-19-6-8-21(30-3)9-7-19/h6-11,13-14,20H,4-5,12,15-16H2,1-3H3,(H,25,26,27,28). The third kappa shape index (κ3) is 5.13. The van der Waals surface area contributed by atoms with Gasteiger partial charge in [0.1, 0.15) is 23.2 Å². The zero-order chi connectivity index (χ0) is 20.9. The van der Waals surface area contributed by atoms with E-state index in [1.807, 2.05) is 37.4 Å². The van der Waals surface area contributed by atoms with Gasteiger partial charge in [-0.05, 0) is 68.6 Å². The van der Waals surface area contributed by atoms with Gasteiger partial charge in [0.25, 0.3) is 0 Å². The molecule has 2 aromatic heterocycles. The molecule has 1 fully saturated rings. The molecule has 3 aromatic rings. The molecule has 1 N–H and O–H groups in total. The van der Waals surface area contributed by atoms with Crippen molar-refractivity contribution in [3.05, 3.63) is 71.3 Å². The molecule has 6 nitrogen and oxygen atoms in total. The van der Waals surface area contributed by atoms with E-state index in [0.29, 0.717) is 5.92 Å². The molecule has 1 atom stereocenters. The normalized spacial score (nSPS) is 17.0. The van der Waals surface area contributed by atoms with Gasteiger partial charge in [-0.1, -0.05) is 12.1 Å². The number of piperidine rings is 1. The van der Waals surface area contributed by atoms with Crippen LogP contribution >= 0.6 is 0 Å². The van der Waals surface area contributed by atoms with Crippen molar-refractivity contribution in [2.45, 2.75) is 39.2 Å². The van der Waals surface area contributed by atoms with Crippen molar-refractivity contribution >= 4 is 11.6 Å². The van der Waals surface area contributed by atoms with Crippen LogP contribution in [0.1, 0.15) is 41.4 Å². The fraction of sp³-hybridized carbons (Fsp3) is 0.375. The molecular weight excluding hydrogens is 374 g/mol. The van der Waals surface area contributed by atoms with Gasteiger partial charge < -0.3 is 10.1 Å². The number of ether oxygens (including phenoxy) is 1. The molecule has 0 spiro atoms. The minimum absolute atomic E-state index is 0.407. The van der Waals surface area contributed by atoms with Gasteiger partial charge in [-0.3, -0.25) is 4.90 Å². The number of hydrogen-bond acceptors (Lipinski definition) is 6. The van der Waals surface area contributed by atoms with Crippen molar-refractivity contribution in [3.63, 3.8) is 0 Å². The lowest BCUT2D eigenvalue weighted by molar-refractivity contribution is 0.198. The van der Waals surface area contributed by atoms with Crippen LogP contribution in [0.3, 0.4) is 0 Å². The van der Waals surface area contributed by atoms with E-state index in [2.05, 4.69) is 45.3 Å². The van der Waals surface area contributed by atoms with Gasteiger partial charge in [-0.2, -0.15) is 0 Å². The van der Waals surface area contributed by atoms with Crippen LogP contribution in [0.25, 0.3) is 0 Å². The van der Waals surface area contributed by atoms with Gasteiger partial charge in [0.05, 0.1) is 12.8 Å². The van der Waals surface area contributed by atoms with Crippen LogP contribution in [-0.4, -0.2) is 40.1 Å². The Labute approximate surface area is 178 Å². The largest absolute Gasteiger partial charge is 0.497 e. The number of aromatic nitrogens is 3. The molecule has 1 aromatic carbocycles. The second kappa shape index (κ2) is 9.22. The number of anilines is 2. The van der Waals surface area contributed by atoms with Gasteiger partial charge in [-0.25, -0.2) is 15.0 Å². The van der Waals surface area contributed by atoms with Crippen molar-refractivity contribution in [2.24, 2.45) is 0 Å². The zero-order valence-electron chi connectivity index (χ0n) is 17.9. The minimum atomic E-state index is 0.407. The highest BCUT2D eigenvalue weighted by molar-refractivity contribution is 5.52. The summed E-state index contributed by atoms with van der Waals surface area (Å²) in [5.41, 5.74) is 3.58. The molecule has 1 aliphatic rings. The quantitative estimate of drug-likeness (QED) is 0.648. The Morgan fingerprint density at radius 2 is 1.90 bits per heavy atom. The minimum Gasteiger partial charge on any atom is -0.497 e. The molecule has 156 valence electrons. The van der Waals surface area contributed by atoms with Crippen molar-refractivity contribution in [3.8, 4) is 5.75 Å². The van der Waals surface area contributed by atoms with Gasteiger partial charge in [0, 0.05) is 31.3 Å². The van der Waals surface area contributed by atoms with E-state index in [1.54, 1.807) is 7.11 Å². The summed E-state index contributed by atoms with van der Waals surface area (Å²) in [4.78, 5) is 16.2. The van der Waals surface area contributed by atoms with Gasteiger partial charge in [0.2, 0.25) is 0 Å². The predicted molar refractivity (Wildman–Crippen MR) is 119 cm³/mol. The highest BCUT2D eigenvalue weighted by Crippen LogP contribution is 2.28. The number of pyridine rings is 1. The number of methoxy groups -OCH3 is 1. The Kier molecular flexibility index (Phi) is 6.23. The maximum absolute atomic E-state index is 5.27. The summed E-state index contributed by atoms with van der Waals surface area (Å²) in [6.07, 6.45) is 4.13. The molecule has 0 bridgehead atoms. The lowest BCUT2D eigenvalue weighted by Crippen LogP contribution is -2.34. The number of likely N-dealkylation sites (tertiary alicyclic amines) is 1. The predicted octanol–water partition coefficient (Wildman–Crippen LogP) is 4.62. The van der Waals surface area contributed by atoms with Crippen molar-refractivity contribution < 1.29 is 4.74 Å². The van der Waals surface area contributed by atoms with E-state index in [-0.39, 0.29) is 0 Å². The third-order valence-electron chi connectivity index (χ3n) is 5.52. The first-order valence-corrected chi connectivity index (χ1v) is 10.5. The van der Waals surface area contributed by atoms with E-state index < -0.39 is 0 Å². The molecule has 0 aliphatic carbocycles. The van der Waals surface area contributed by atoms with Gasteiger partial charge in [-0.15, -0.1) is 0 Å². The molecular formula is C24H29N5O. The summed E-state index contributed by atoms with van der Waals surface area (Å²) in [6, 6.07) is 14.4. The van der Waals surface area contributed by atoms with Crippen LogP contribution in [0.2, 0.25) is 0 Å². The number of nitrogens with zero attached hydrogens (tertiary/aromatic N) is 4. The lowest BCUT2D eigenvalue weighted by Gasteiger charge is -2.32. The van der Waals surface area contributed by atoms with Crippen molar-refractivity contribution in [2.75, 3.05) is 25.5 Å². The molecule has 30 heavy (non-hydrogen) atoms. The van der Waals surface area contributed by atoms with Crippen LogP contribution < -0.4 is 10.1 Å². The van der Waals surface area contributed by atoms with Crippen LogP contribution in [-0.2, 0) is 6.54 Å². The highest BCUT2D eigenvalue weighted by atomic mass is 16.5. The molecule has 0 saturated carbocycles. The number of aryl methyl sites for hydroxylation is 2. The molecule has 1 aliphatic heterocycles. The highest BCUT2D eigenvalue weighted by Gasteiger charge is 2.23. The van der Waals surface area contributed by atoms with Crippen molar-refractivity contribution in [1.29, 1.82) is 0 Å². The number of nitrogens with one attached hydrogen (secondary N) is 1. The Hall–Kier alpha value is -2.99. The molecule has 3 heterocycles. The van der Waals surface area contributed by atoms with E-state index in [1.165, 1.54) is 17.5 Å². The number of rotatable bonds is 6. The van der Waals surface area contributed by atoms with Crippen LogP contribution in [0, 0.1) is 13.8 Å². The smallest absolute Gasteiger partial charge is 0.135 e. The molecule has 1 saturated heterocycles. The van der Waals surface area contributed by atoms with E-state index >= 15 is 0 Å². The fourth-order valence-electron chi connectivity index (χ4n) is 4.03. The Bertz CT molecular complexity index is 989. The van der Waals surface area contributed by atoms with E-state index in [4.69, 9.17) is 9.72 Å². The second-order valence-corrected chi connectivity index (χ2v) is 7.99. The Balaban J connectivity index is 1.46. The third-order valence-corrected chi connectivity index (χ3v) is 5.52. The molecule has 0 radical (unpaired) electrons. The molecule has 6 heteroatoms. The van der Waals surface area contributed by atoms with E-state index in [0.717, 1.165) is 55.0 Å². The number of hydrogen-bond donors (Lipinski definition) is 1. The van der Waals surface area contributed by atoms with E-state index in [9.17, 15) is 0 Å². The first kappa shape index (κ1) is 20.3. The number of benzene rings is 1. The maximum Gasteiger partial charge on any atom is 0.135 e. The summed E-state index contributed by atoms with van der Waals surface area (Å²) < 4.78 is 5.27. The van der Waals surface area contributed by atoms with Gasteiger partial charge >= 0.3 is 0 Å². The summed E-state index contributed by atoms with van der Waals surface area (Å²) >= 11 is 0. The Morgan fingerprint density at radius 3 is 2.67 bits per heavy atom. The SMILES string of the molecule is COc1ccc(CN2CCCC(c3cc(Nc4cc(C)ccn4)nc(C)n3)C2)cc1. The molecule has 0 amide bonds. The second-order valence-electron chi connectivity index (χ2n) is 7.99. The van der Waals surface area contributed by atoms with Crippen LogP contribution in [0.4, 0.5) is 11.6 Å². The summed E-state index contributed by atoms with van der Waals surface area (Å²) in [7, 11) is 1.70. The summed E-state index contributed by atoms with van der Waals surface area (Å²) in [5, 5.41) is 3.34. The molecule has 4 rings (SSSR count). The zero-order valence-corrected chi connectivity index (χ0v) is 17.9. The average Bonchev–Trinajstić information content (AvgIpc) is 2.74.